The van der Waals surface area contributed by atoms with Crippen LogP contribution < -0.4 is 15.8 Å². The first-order valence-electron chi connectivity index (χ1n) is 7.70. The van der Waals surface area contributed by atoms with Crippen LogP contribution in [0.25, 0.3) is 0 Å². The predicted octanol–water partition coefficient (Wildman–Crippen LogP) is 3.04. The molecule has 4 nitrogen and oxygen atoms in total. The first-order chi connectivity index (χ1) is 10.9. The largest absolute Gasteiger partial charge is 0.488 e. The second kappa shape index (κ2) is 7.29. The molecule has 0 aromatic heterocycles. The summed E-state index contributed by atoms with van der Waals surface area (Å²) < 4.78 is 5.87. The monoisotopic (exact) mass is 312 g/mol. The topological polar surface area (TPSA) is 64.3 Å². The van der Waals surface area contributed by atoms with Gasteiger partial charge in [-0.15, -0.1) is 0 Å². The average molecular weight is 312 g/mol. The fraction of sp³-hybridized carbons (Fsp3) is 0.316. The van der Waals surface area contributed by atoms with Gasteiger partial charge in [-0.1, -0.05) is 36.4 Å². The molecule has 0 bridgehead atoms. The molecule has 23 heavy (non-hydrogen) atoms. The molecule has 0 unspecified atom stereocenters. The van der Waals surface area contributed by atoms with E-state index >= 15 is 0 Å². The maximum Gasteiger partial charge on any atom is 0.255 e. The van der Waals surface area contributed by atoms with Crippen LogP contribution in [0.1, 0.15) is 35.3 Å². The predicted molar refractivity (Wildman–Crippen MR) is 92.6 cm³/mol. The number of hydrogen-bond donors (Lipinski definition) is 2. The molecule has 2 aromatic rings. The van der Waals surface area contributed by atoms with Crippen LogP contribution in [0.5, 0.6) is 5.75 Å². The van der Waals surface area contributed by atoms with Crippen molar-refractivity contribution < 1.29 is 9.53 Å². The number of aryl methyl sites for hydroxylation is 1. The molecular formula is C19H24N2O2. The maximum atomic E-state index is 12.3. The minimum Gasteiger partial charge on any atom is -0.488 e. The average Bonchev–Trinajstić information content (AvgIpc) is 2.51. The van der Waals surface area contributed by atoms with Crippen molar-refractivity contribution in [2.24, 2.45) is 5.73 Å². The third-order valence-corrected chi connectivity index (χ3v) is 3.48. The fourth-order valence-electron chi connectivity index (χ4n) is 2.11. The number of nitrogens with two attached hydrogens (primary N) is 1. The maximum absolute atomic E-state index is 12.3. The van der Waals surface area contributed by atoms with Gasteiger partial charge < -0.3 is 15.8 Å². The number of carbonyl (C=O) groups is 1. The molecule has 4 heteroatoms. The van der Waals surface area contributed by atoms with Crippen molar-refractivity contribution in [2.45, 2.75) is 32.9 Å². The number of benzene rings is 2. The Morgan fingerprint density at radius 3 is 2.48 bits per heavy atom. The Hall–Kier alpha value is -2.33. The van der Waals surface area contributed by atoms with Crippen LogP contribution in [-0.4, -0.2) is 18.0 Å². The molecule has 3 N–H and O–H groups in total. The van der Waals surface area contributed by atoms with Crippen LogP contribution in [0, 0.1) is 6.92 Å². The minimum atomic E-state index is -0.452. The molecule has 2 aromatic carbocycles. The number of para-hydroxylation sites is 1. The van der Waals surface area contributed by atoms with Crippen molar-refractivity contribution in [3.63, 3.8) is 0 Å². The Labute approximate surface area is 137 Å². The van der Waals surface area contributed by atoms with E-state index in [4.69, 9.17) is 10.5 Å². The smallest absolute Gasteiger partial charge is 0.255 e. The Kier molecular flexibility index (Phi) is 5.40. The molecule has 0 aliphatic heterocycles. The molecule has 0 radical (unpaired) electrons. The summed E-state index contributed by atoms with van der Waals surface area (Å²) in [6.45, 7) is 6.61. The first-order valence-corrected chi connectivity index (χ1v) is 7.70. The third-order valence-electron chi connectivity index (χ3n) is 3.48. The van der Waals surface area contributed by atoms with Crippen molar-refractivity contribution >= 4 is 5.91 Å². The Bertz CT molecular complexity index is 675. The Morgan fingerprint density at radius 1 is 1.13 bits per heavy atom. The quantitative estimate of drug-likeness (QED) is 0.861. The summed E-state index contributed by atoms with van der Waals surface area (Å²) >= 11 is 0. The highest BCUT2D eigenvalue weighted by Crippen LogP contribution is 2.20. The molecule has 2 rings (SSSR count). The molecule has 122 valence electrons. The van der Waals surface area contributed by atoms with E-state index in [1.54, 1.807) is 12.1 Å². The molecule has 0 saturated carbocycles. The van der Waals surface area contributed by atoms with Crippen LogP contribution in [-0.2, 0) is 6.61 Å². The van der Waals surface area contributed by atoms with Crippen LogP contribution in [0.15, 0.2) is 48.5 Å². The number of ether oxygens (including phenoxy) is 1. The second-order valence-electron chi connectivity index (χ2n) is 6.38. The lowest BCUT2D eigenvalue weighted by Crippen LogP contribution is -2.45. The van der Waals surface area contributed by atoms with Crippen LogP contribution in [0.4, 0.5) is 0 Å². The van der Waals surface area contributed by atoms with E-state index in [1.807, 2.05) is 57.2 Å². The lowest BCUT2D eigenvalue weighted by molar-refractivity contribution is 0.0941. The zero-order valence-electron chi connectivity index (χ0n) is 13.9. The van der Waals surface area contributed by atoms with E-state index in [0.29, 0.717) is 24.5 Å². The molecule has 0 aliphatic carbocycles. The van der Waals surface area contributed by atoms with Crippen molar-refractivity contribution in [2.75, 3.05) is 6.54 Å². The molecule has 0 spiro atoms. The lowest BCUT2D eigenvalue weighted by atomic mass is 10.1. The van der Waals surface area contributed by atoms with Crippen molar-refractivity contribution in [3.05, 3.63) is 65.2 Å². The van der Waals surface area contributed by atoms with Gasteiger partial charge in [-0.25, -0.2) is 0 Å². The number of nitrogens with one attached hydrogen (secondary N) is 1. The number of amides is 1. The standard InChI is InChI=1S/C19H24N2O2/c1-14-8-4-5-9-15(14)12-23-17-11-7-6-10-16(17)18(22)21-13-19(2,3)20/h4-11H,12-13,20H2,1-3H3,(H,21,22). The minimum absolute atomic E-state index is 0.177. The summed E-state index contributed by atoms with van der Waals surface area (Å²) in [5.74, 6) is 0.395. The zero-order valence-corrected chi connectivity index (χ0v) is 13.9. The van der Waals surface area contributed by atoms with Gasteiger partial charge in [-0.2, -0.15) is 0 Å². The summed E-state index contributed by atoms with van der Waals surface area (Å²) in [7, 11) is 0. The molecule has 0 heterocycles. The highest BCUT2D eigenvalue weighted by molar-refractivity contribution is 5.96. The van der Waals surface area contributed by atoms with Crippen LogP contribution in [0.3, 0.4) is 0 Å². The Morgan fingerprint density at radius 2 is 1.78 bits per heavy atom. The van der Waals surface area contributed by atoms with Gasteiger partial charge in [-0.05, 0) is 44.0 Å². The van der Waals surface area contributed by atoms with Gasteiger partial charge in [0.15, 0.2) is 0 Å². The van der Waals surface area contributed by atoms with Gasteiger partial charge in [-0.3, -0.25) is 4.79 Å². The number of carbonyl (C=O) groups excluding carboxylic acids is 1. The highest BCUT2D eigenvalue weighted by Gasteiger charge is 2.16. The highest BCUT2D eigenvalue weighted by atomic mass is 16.5. The normalized spacial score (nSPS) is 11.1. The summed E-state index contributed by atoms with van der Waals surface area (Å²) in [4.78, 5) is 12.3. The summed E-state index contributed by atoms with van der Waals surface area (Å²) in [6.07, 6.45) is 0. The van der Waals surface area contributed by atoms with E-state index < -0.39 is 5.54 Å². The summed E-state index contributed by atoms with van der Waals surface area (Å²) in [6, 6.07) is 15.3. The first kappa shape index (κ1) is 17.0. The van der Waals surface area contributed by atoms with Crippen LogP contribution in [0.2, 0.25) is 0 Å². The molecule has 0 fully saturated rings. The molecule has 0 saturated heterocycles. The zero-order chi connectivity index (χ0) is 16.9. The third kappa shape index (κ3) is 5.11. The van der Waals surface area contributed by atoms with Gasteiger partial charge in [0, 0.05) is 12.1 Å². The number of rotatable bonds is 6. The van der Waals surface area contributed by atoms with E-state index in [1.165, 1.54) is 5.56 Å². The SMILES string of the molecule is Cc1ccccc1COc1ccccc1C(=O)NCC(C)(C)N. The number of hydrogen-bond acceptors (Lipinski definition) is 3. The molecule has 0 atom stereocenters. The summed E-state index contributed by atoms with van der Waals surface area (Å²) in [5.41, 5.74) is 8.24. The van der Waals surface area contributed by atoms with Crippen molar-refractivity contribution in [3.8, 4) is 5.75 Å². The van der Waals surface area contributed by atoms with Crippen LogP contribution >= 0.6 is 0 Å². The second-order valence-corrected chi connectivity index (χ2v) is 6.38. The lowest BCUT2D eigenvalue weighted by Gasteiger charge is -2.19. The fourth-order valence-corrected chi connectivity index (χ4v) is 2.11. The van der Waals surface area contributed by atoms with E-state index in [-0.39, 0.29) is 5.91 Å². The van der Waals surface area contributed by atoms with Gasteiger partial charge in [0.25, 0.3) is 5.91 Å². The van der Waals surface area contributed by atoms with E-state index in [2.05, 4.69) is 5.32 Å². The molecular weight excluding hydrogens is 288 g/mol. The molecule has 0 aliphatic rings. The van der Waals surface area contributed by atoms with Gasteiger partial charge in [0.2, 0.25) is 0 Å². The molecule has 1 amide bonds. The van der Waals surface area contributed by atoms with Gasteiger partial charge in [0.1, 0.15) is 12.4 Å². The van der Waals surface area contributed by atoms with Gasteiger partial charge >= 0.3 is 0 Å². The van der Waals surface area contributed by atoms with Gasteiger partial charge in [0.05, 0.1) is 5.56 Å². The summed E-state index contributed by atoms with van der Waals surface area (Å²) in [5, 5.41) is 2.84. The van der Waals surface area contributed by atoms with Crippen molar-refractivity contribution in [1.82, 2.24) is 5.32 Å². The van der Waals surface area contributed by atoms with Crippen molar-refractivity contribution in [1.29, 1.82) is 0 Å². The van der Waals surface area contributed by atoms with E-state index in [9.17, 15) is 4.79 Å². The Balaban J connectivity index is 2.08. The van der Waals surface area contributed by atoms with E-state index in [0.717, 1.165) is 5.56 Å².